The Morgan fingerprint density at radius 1 is 1.13 bits per heavy atom. The summed E-state index contributed by atoms with van der Waals surface area (Å²) >= 11 is 0. The molecule has 1 aliphatic heterocycles. The van der Waals surface area contributed by atoms with Crippen molar-refractivity contribution < 1.29 is 23.8 Å². The summed E-state index contributed by atoms with van der Waals surface area (Å²) in [6, 6.07) is 13.9. The van der Waals surface area contributed by atoms with Crippen LogP contribution >= 0.6 is 0 Å². The highest BCUT2D eigenvalue weighted by Gasteiger charge is 2.32. The highest BCUT2D eigenvalue weighted by molar-refractivity contribution is 5.93. The Kier molecular flexibility index (Phi) is 6.01. The average Bonchev–Trinajstić information content (AvgIpc) is 3.66. The molecule has 0 saturated carbocycles. The molecule has 1 aliphatic rings. The van der Waals surface area contributed by atoms with Gasteiger partial charge in [-0.2, -0.15) is 0 Å². The van der Waals surface area contributed by atoms with Crippen LogP contribution in [0, 0.1) is 5.82 Å². The van der Waals surface area contributed by atoms with Gasteiger partial charge < -0.3 is 25.1 Å². The number of H-pyrrole nitrogens is 2. The summed E-state index contributed by atoms with van der Waals surface area (Å²) in [6.45, 7) is 0.247. The van der Waals surface area contributed by atoms with E-state index in [-0.39, 0.29) is 25.5 Å². The fourth-order valence-corrected chi connectivity index (χ4v) is 4.83. The van der Waals surface area contributed by atoms with Crippen molar-refractivity contribution in [3.8, 4) is 11.1 Å². The van der Waals surface area contributed by atoms with Gasteiger partial charge in [0.2, 0.25) is 5.91 Å². The van der Waals surface area contributed by atoms with Crippen LogP contribution in [-0.4, -0.2) is 51.3 Å². The highest BCUT2D eigenvalue weighted by Crippen LogP contribution is 2.32. The average molecular weight is 514 g/mol. The predicted molar refractivity (Wildman–Crippen MR) is 140 cm³/mol. The molecule has 1 fully saturated rings. The van der Waals surface area contributed by atoms with Gasteiger partial charge in [-0.15, -0.1) is 0 Å². The van der Waals surface area contributed by atoms with Gasteiger partial charge in [0.1, 0.15) is 17.6 Å². The van der Waals surface area contributed by atoms with E-state index in [0.29, 0.717) is 23.4 Å². The van der Waals surface area contributed by atoms with Crippen LogP contribution in [0.15, 0.2) is 67.1 Å². The molecule has 38 heavy (non-hydrogen) atoms. The van der Waals surface area contributed by atoms with Gasteiger partial charge in [0.05, 0.1) is 25.3 Å². The number of cyclic esters (lactones) is 1. The molecule has 0 bridgehead atoms. The number of anilines is 1. The van der Waals surface area contributed by atoms with Crippen LogP contribution in [0.5, 0.6) is 0 Å². The van der Waals surface area contributed by atoms with E-state index in [1.54, 1.807) is 30.6 Å². The number of pyridine rings is 1. The van der Waals surface area contributed by atoms with E-state index in [9.17, 15) is 14.7 Å². The van der Waals surface area contributed by atoms with Crippen molar-refractivity contribution in [3.05, 3.63) is 84.1 Å². The third-order valence-corrected chi connectivity index (χ3v) is 6.80. The minimum atomic E-state index is -0.629. The number of aliphatic hydroxyl groups excluding tert-OH is 1. The number of carbonyl (C=O) groups excluding carboxylic acids is 2. The fourth-order valence-electron chi connectivity index (χ4n) is 4.83. The van der Waals surface area contributed by atoms with Crippen LogP contribution in [0.1, 0.15) is 11.1 Å². The van der Waals surface area contributed by atoms with Gasteiger partial charge in [-0.3, -0.25) is 9.69 Å². The number of carbonyl (C=O) groups is 2. The van der Waals surface area contributed by atoms with Gasteiger partial charge in [-0.05, 0) is 59.2 Å². The molecule has 0 unspecified atom stereocenters. The molecule has 2 amide bonds. The molecule has 3 aromatic heterocycles. The number of nitrogens with zero attached hydrogens (tertiary/aromatic N) is 2. The molecule has 6 rings (SSSR count). The van der Waals surface area contributed by atoms with E-state index >= 15 is 4.39 Å². The Bertz CT molecular complexity index is 1680. The number of ether oxygens (including phenoxy) is 1. The van der Waals surface area contributed by atoms with Gasteiger partial charge in [0.15, 0.2) is 0 Å². The largest absolute Gasteiger partial charge is 0.441 e. The lowest BCUT2D eigenvalue weighted by molar-refractivity contribution is -0.120. The van der Waals surface area contributed by atoms with E-state index in [1.165, 1.54) is 11.0 Å². The molecular formula is C28H24FN5O4. The van der Waals surface area contributed by atoms with Gasteiger partial charge in [0.25, 0.3) is 0 Å². The van der Waals surface area contributed by atoms with Crippen molar-refractivity contribution in [2.24, 2.45) is 0 Å². The number of benzene rings is 2. The molecule has 5 aromatic rings. The number of nitrogens with one attached hydrogen (secondary N) is 3. The summed E-state index contributed by atoms with van der Waals surface area (Å²) in [5.41, 5.74) is 4.76. The molecular weight excluding hydrogens is 489 g/mol. The molecule has 10 heteroatoms. The fraction of sp³-hybridized carbons (Fsp3) is 0.179. The molecule has 192 valence electrons. The van der Waals surface area contributed by atoms with E-state index in [2.05, 4.69) is 20.3 Å². The van der Waals surface area contributed by atoms with E-state index in [0.717, 1.165) is 33.1 Å². The van der Waals surface area contributed by atoms with Crippen LogP contribution in [0.3, 0.4) is 0 Å². The number of rotatable bonds is 7. The minimum absolute atomic E-state index is 0.133. The first-order valence-electron chi connectivity index (χ1n) is 12.2. The first-order valence-corrected chi connectivity index (χ1v) is 12.2. The zero-order valence-corrected chi connectivity index (χ0v) is 20.2. The maximum Gasteiger partial charge on any atom is 0.414 e. The Labute approximate surface area is 216 Å². The van der Waals surface area contributed by atoms with Crippen molar-refractivity contribution >= 4 is 39.6 Å². The summed E-state index contributed by atoms with van der Waals surface area (Å²) < 4.78 is 20.2. The first-order chi connectivity index (χ1) is 18.5. The molecule has 0 aliphatic carbocycles. The summed E-state index contributed by atoms with van der Waals surface area (Å²) in [4.78, 5) is 36.6. The number of halogens is 1. The zero-order valence-electron chi connectivity index (χ0n) is 20.2. The van der Waals surface area contributed by atoms with Gasteiger partial charge in [-0.25, -0.2) is 14.2 Å². The first kappa shape index (κ1) is 23.7. The highest BCUT2D eigenvalue weighted by atomic mass is 19.1. The number of aromatic amines is 2. The topological polar surface area (TPSA) is 123 Å². The van der Waals surface area contributed by atoms with Crippen LogP contribution in [0.4, 0.5) is 14.9 Å². The molecule has 0 spiro atoms. The van der Waals surface area contributed by atoms with E-state index < -0.39 is 18.0 Å². The molecule has 4 N–H and O–H groups in total. The summed E-state index contributed by atoms with van der Waals surface area (Å²) in [5.74, 6) is -0.628. The quantitative estimate of drug-likeness (QED) is 0.262. The number of fused-ring (bicyclic) bond motifs is 2. The number of hydrogen-bond acceptors (Lipinski definition) is 5. The third-order valence-electron chi connectivity index (χ3n) is 6.80. The van der Waals surface area contributed by atoms with Crippen LogP contribution in [0.2, 0.25) is 0 Å². The molecule has 0 radical (unpaired) electrons. The van der Waals surface area contributed by atoms with Crippen molar-refractivity contribution in [1.82, 2.24) is 20.3 Å². The Morgan fingerprint density at radius 3 is 2.84 bits per heavy atom. The number of amides is 2. The Morgan fingerprint density at radius 2 is 2.03 bits per heavy atom. The van der Waals surface area contributed by atoms with Crippen molar-refractivity contribution in [1.29, 1.82) is 0 Å². The third kappa shape index (κ3) is 4.35. The molecule has 9 nitrogen and oxygen atoms in total. The molecule has 1 saturated heterocycles. The van der Waals surface area contributed by atoms with Crippen LogP contribution in [0.25, 0.3) is 33.1 Å². The smallest absolute Gasteiger partial charge is 0.414 e. The normalized spacial score (nSPS) is 15.4. The second-order valence-electron chi connectivity index (χ2n) is 9.20. The zero-order chi connectivity index (χ0) is 26.2. The lowest BCUT2D eigenvalue weighted by atomic mass is 10.0. The standard InChI is InChI=1S/C28H24FN5O4/c29-24-11-19(34-14-20(15-35)38-28(34)37)2-3-21(24)16-1-4-25-23(9-16)18(13-32-25)10-26(36)33-12-17-5-7-30-27-22(17)6-8-31-27/h1-9,11,13,20,32,35H,10,12,14-15H2,(H,30,31)(H,33,36)/t20-/m1/s1. The predicted octanol–water partition coefficient (Wildman–Crippen LogP) is 4.03. The van der Waals surface area contributed by atoms with Crippen molar-refractivity contribution in [2.45, 2.75) is 19.1 Å². The number of hydrogen-bond donors (Lipinski definition) is 4. The monoisotopic (exact) mass is 513 g/mol. The SMILES string of the molecule is O=C(Cc1c[nH]c2ccc(-c3ccc(N4C[C@H](CO)OC4=O)cc3F)cc12)NCc1ccnc2[nH]ccc12. The number of aromatic nitrogens is 3. The second kappa shape index (κ2) is 9.64. The van der Waals surface area contributed by atoms with Crippen LogP contribution < -0.4 is 10.2 Å². The Hall–Kier alpha value is -4.70. The van der Waals surface area contributed by atoms with Gasteiger partial charge in [-0.1, -0.05) is 6.07 Å². The molecule has 4 heterocycles. The lowest BCUT2D eigenvalue weighted by Gasteiger charge is -2.14. The van der Waals surface area contributed by atoms with Crippen molar-refractivity contribution in [3.63, 3.8) is 0 Å². The minimum Gasteiger partial charge on any atom is -0.441 e. The summed E-state index contributed by atoms with van der Waals surface area (Å²) in [6.07, 6.45) is 4.23. The van der Waals surface area contributed by atoms with Crippen LogP contribution in [-0.2, 0) is 22.5 Å². The Balaban J connectivity index is 1.20. The summed E-state index contributed by atoms with van der Waals surface area (Å²) in [5, 5.41) is 14.0. The van der Waals surface area contributed by atoms with Gasteiger partial charge >= 0.3 is 6.09 Å². The second-order valence-corrected chi connectivity index (χ2v) is 9.20. The van der Waals surface area contributed by atoms with E-state index in [4.69, 9.17) is 4.74 Å². The summed E-state index contributed by atoms with van der Waals surface area (Å²) in [7, 11) is 0. The van der Waals surface area contributed by atoms with Gasteiger partial charge in [0, 0.05) is 47.0 Å². The molecule has 1 atom stereocenters. The number of aliphatic hydroxyl groups is 1. The maximum atomic E-state index is 15.2. The van der Waals surface area contributed by atoms with Crippen molar-refractivity contribution in [2.75, 3.05) is 18.1 Å². The molecule has 2 aromatic carbocycles. The lowest BCUT2D eigenvalue weighted by Crippen LogP contribution is -2.25. The van der Waals surface area contributed by atoms with E-state index in [1.807, 2.05) is 30.5 Å². The maximum absolute atomic E-state index is 15.2.